The SMILES string of the molecule is CN(Cc1nc2ccccc2s1)C(=O)c1ccn(C2CCCNC2)n1. The largest absolute Gasteiger partial charge is 0.334 e. The van der Waals surface area contributed by atoms with Crippen molar-refractivity contribution >= 4 is 27.5 Å². The Labute approximate surface area is 150 Å². The third-order valence-corrected chi connectivity index (χ3v) is 5.55. The highest BCUT2D eigenvalue weighted by Gasteiger charge is 2.20. The van der Waals surface area contributed by atoms with Crippen LogP contribution >= 0.6 is 11.3 Å². The fourth-order valence-electron chi connectivity index (χ4n) is 3.17. The van der Waals surface area contributed by atoms with Crippen LogP contribution in [-0.4, -0.2) is 45.7 Å². The van der Waals surface area contributed by atoms with E-state index in [-0.39, 0.29) is 5.91 Å². The van der Waals surface area contributed by atoms with E-state index in [0.717, 1.165) is 41.2 Å². The first-order chi connectivity index (χ1) is 12.2. The van der Waals surface area contributed by atoms with Gasteiger partial charge in [0.15, 0.2) is 0 Å². The molecule has 1 fully saturated rings. The quantitative estimate of drug-likeness (QED) is 0.782. The second-order valence-electron chi connectivity index (χ2n) is 6.42. The number of thiazole rings is 1. The molecule has 1 saturated heterocycles. The van der Waals surface area contributed by atoms with E-state index < -0.39 is 0 Å². The molecule has 0 saturated carbocycles. The molecule has 1 atom stereocenters. The van der Waals surface area contributed by atoms with E-state index in [0.29, 0.717) is 18.3 Å². The number of carbonyl (C=O) groups excluding carboxylic acids is 1. The summed E-state index contributed by atoms with van der Waals surface area (Å²) in [6.45, 7) is 2.47. The van der Waals surface area contributed by atoms with Crippen molar-refractivity contribution in [1.82, 2.24) is 25.0 Å². The zero-order chi connectivity index (χ0) is 17.2. The normalized spacial score (nSPS) is 17.7. The van der Waals surface area contributed by atoms with Gasteiger partial charge in [-0.15, -0.1) is 11.3 Å². The Bertz CT molecular complexity index is 847. The lowest BCUT2D eigenvalue weighted by molar-refractivity contribution is 0.0777. The molecule has 1 aliphatic rings. The number of fused-ring (bicyclic) bond motifs is 1. The molecule has 0 aliphatic carbocycles. The van der Waals surface area contributed by atoms with Crippen LogP contribution in [-0.2, 0) is 6.54 Å². The summed E-state index contributed by atoms with van der Waals surface area (Å²) >= 11 is 1.63. The molecule has 0 bridgehead atoms. The maximum atomic E-state index is 12.7. The van der Waals surface area contributed by atoms with E-state index in [1.807, 2.05) is 35.1 Å². The molecule has 1 aliphatic heterocycles. The van der Waals surface area contributed by atoms with Crippen molar-refractivity contribution in [3.05, 3.63) is 47.2 Å². The van der Waals surface area contributed by atoms with E-state index in [1.54, 1.807) is 23.3 Å². The Morgan fingerprint density at radius 3 is 3.08 bits per heavy atom. The third kappa shape index (κ3) is 3.43. The average Bonchev–Trinajstić information content (AvgIpc) is 3.28. The number of piperidine rings is 1. The second kappa shape index (κ2) is 6.93. The topological polar surface area (TPSA) is 63.1 Å². The number of hydrogen-bond donors (Lipinski definition) is 1. The fraction of sp³-hybridized carbons (Fsp3) is 0.389. The smallest absolute Gasteiger partial charge is 0.274 e. The predicted molar refractivity (Wildman–Crippen MR) is 98.8 cm³/mol. The molecule has 3 aromatic rings. The second-order valence-corrected chi connectivity index (χ2v) is 7.53. The van der Waals surface area contributed by atoms with Crippen molar-refractivity contribution in [2.24, 2.45) is 0 Å². The Balaban J connectivity index is 1.45. The van der Waals surface area contributed by atoms with Crippen LogP contribution in [0.25, 0.3) is 10.2 Å². The lowest BCUT2D eigenvalue weighted by atomic mass is 10.1. The lowest BCUT2D eigenvalue weighted by Gasteiger charge is -2.23. The van der Waals surface area contributed by atoms with Crippen molar-refractivity contribution in [1.29, 1.82) is 0 Å². The van der Waals surface area contributed by atoms with E-state index in [1.165, 1.54) is 0 Å². The molecule has 4 rings (SSSR count). The van der Waals surface area contributed by atoms with Gasteiger partial charge in [0.1, 0.15) is 10.7 Å². The monoisotopic (exact) mass is 355 g/mol. The minimum absolute atomic E-state index is 0.0678. The van der Waals surface area contributed by atoms with E-state index in [4.69, 9.17) is 0 Å². The van der Waals surface area contributed by atoms with Gasteiger partial charge in [0.25, 0.3) is 5.91 Å². The van der Waals surface area contributed by atoms with Crippen LogP contribution in [0.4, 0.5) is 0 Å². The van der Waals surface area contributed by atoms with Crippen LogP contribution in [0, 0.1) is 0 Å². The molecule has 2 aromatic heterocycles. The van der Waals surface area contributed by atoms with Crippen LogP contribution < -0.4 is 5.32 Å². The van der Waals surface area contributed by atoms with Crippen molar-refractivity contribution < 1.29 is 4.79 Å². The minimum atomic E-state index is -0.0678. The molecule has 1 aromatic carbocycles. The van der Waals surface area contributed by atoms with Gasteiger partial charge in [0, 0.05) is 19.8 Å². The van der Waals surface area contributed by atoms with Crippen LogP contribution in [0.5, 0.6) is 0 Å². The molecule has 1 N–H and O–H groups in total. The molecule has 25 heavy (non-hydrogen) atoms. The molecule has 1 amide bonds. The molecule has 1 unspecified atom stereocenters. The number of amides is 1. The average molecular weight is 355 g/mol. The Hall–Kier alpha value is -2.25. The first kappa shape index (κ1) is 16.2. The van der Waals surface area contributed by atoms with Crippen molar-refractivity contribution in [3.63, 3.8) is 0 Å². The fourth-order valence-corrected chi connectivity index (χ4v) is 4.19. The number of carbonyl (C=O) groups is 1. The molecular formula is C18H21N5OS. The third-order valence-electron chi connectivity index (χ3n) is 4.53. The predicted octanol–water partition coefficient (Wildman–Crippen LogP) is 2.69. The molecule has 7 heteroatoms. The summed E-state index contributed by atoms with van der Waals surface area (Å²) in [7, 11) is 1.80. The first-order valence-corrected chi connectivity index (χ1v) is 9.38. The molecule has 0 radical (unpaired) electrons. The van der Waals surface area contributed by atoms with Crippen molar-refractivity contribution in [2.75, 3.05) is 20.1 Å². The number of hydrogen-bond acceptors (Lipinski definition) is 5. The summed E-state index contributed by atoms with van der Waals surface area (Å²) in [6, 6.07) is 10.2. The van der Waals surface area contributed by atoms with Gasteiger partial charge in [0.05, 0.1) is 22.8 Å². The van der Waals surface area contributed by atoms with Crippen LogP contribution in [0.2, 0.25) is 0 Å². The summed E-state index contributed by atoms with van der Waals surface area (Å²) in [4.78, 5) is 19.0. The number of nitrogens with one attached hydrogen (secondary N) is 1. The van der Waals surface area contributed by atoms with Gasteiger partial charge < -0.3 is 10.2 Å². The van der Waals surface area contributed by atoms with Crippen molar-refractivity contribution in [2.45, 2.75) is 25.4 Å². The van der Waals surface area contributed by atoms with Gasteiger partial charge in [0.2, 0.25) is 0 Å². The number of nitrogens with zero attached hydrogens (tertiary/aromatic N) is 4. The van der Waals surface area contributed by atoms with Gasteiger partial charge in [-0.1, -0.05) is 12.1 Å². The zero-order valence-electron chi connectivity index (χ0n) is 14.2. The highest BCUT2D eigenvalue weighted by atomic mass is 32.1. The summed E-state index contributed by atoms with van der Waals surface area (Å²) < 4.78 is 3.07. The summed E-state index contributed by atoms with van der Waals surface area (Å²) in [6.07, 6.45) is 4.16. The van der Waals surface area contributed by atoms with Gasteiger partial charge in [-0.05, 0) is 37.6 Å². The summed E-state index contributed by atoms with van der Waals surface area (Å²) in [5, 5.41) is 8.82. The van der Waals surface area contributed by atoms with E-state index in [9.17, 15) is 4.79 Å². The minimum Gasteiger partial charge on any atom is -0.334 e. The van der Waals surface area contributed by atoms with Gasteiger partial charge in [-0.3, -0.25) is 9.48 Å². The molecule has 6 nitrogen and oxygen atoms in total. The highest BCUT2D eigenvalue weighted by Crippen LogP contribution is 2.23. The maximum Gasteiger partial charge on any atom is 0.274 e. The highest BCUT2D eigenvalue weighted by molar-refractivity contribution is 7.18. The molecule has 0 spiro atoms. The molecule has 130 valence electrons. The standard InChI is InChI=1S/C18H21N5OS/c1-22(12-17-20-14-6-2-3-7-16(14)25-17)18(24)15-8-10-23(21-15)13-5-4-9-19-11-13/h2-3,6-8,10,13,19H,4-5,9,11-12H2,1H3. The van der Waals surface area contributed by atoms with Gasteiger partial charge >= 0.3 is 0 Å². The van der Waals surface area contributed by atoms with E-state index in [2.05, 4.69) is 21.5 Å². The Morgan fingerprint density at radius 2 is 2.28 bits per heavy atom. The van der Waals surface area contributed by atoms with Crippen LogP contribution in [0.1, 0.15) is 34.4 Å². The Kier molecular flexibility index (Phi) is 4.50. The first-order valence-electron chi connectivity index (χ1n) is 8.56. The zero-order valence-corrected chi connectivity index (χ0v) is 15.0. The van der Waals surface area contributed by atoms with Crippen molar-refractivity contribution in [3.8, 4) is 0 Å². The van der Waals surface area contributed by atoms with Gasteiger partial charge in [-0.25, -0.2) is 4.98 Å². The molecular weight excluding hydrogens is 334 g/mol. The maximum absolute atomic E-state index is 12.7. The lowest BCUT2D eigenvalue weighted by Crippen LogP contribution is -2.32. The van der Waals surface area contributed by atoms with E-state index >= 15 is 0 Å². The number of para-hydroxylation sites is 1. The van der Waals surface area contributed by atoms with Crippen LogP contribution in [0.15, 0.2) is 36.5 Å². The van der Waals surface area contributed by atoms with Gasteiger partial charge in [-0.2, -0.15) is 5.10 Å². The van der Waals surface area contributed by atoms with Crippen LogP contribution in [0.3, 0.4) is 0 Å². The summed E-state index contributed by atoms with van der Waals surface area (Å²) in [5.41, 5.74) is 1.48. The number of rotatable bonds is 4. The number of aromatic nitrogens is 3. The Morgan fingerprint density at radius 1 is 1.40 bits per heavy atom. The number of benzene rings is 1. The molecule has 3 heterocycles. The summed E-state index contributed by atoms with van der Waals surface area (Å²) in [5.74, 6) is -0.0678.